The Hall–Kier alpha value is -2.40. The summed E-state index contributed by atoms with van der Waals surface area (Å²) in [7, 11) is 0. The SMILES string of the molecule is O=C(NCc1ccccc1Cl)c1cc(C(=O)N2CCCCC2)ccn1. The standard InChI is InChI=1S/C19H20ClN3O2/c20-16-7-3-2-6-15(16)13-22-18(24)17-12-14(8-9-21-17)19(25)23-10-4-1-5-11-23/h2-3,6-9,12H,1,4-5,10-11,13H2,(H,22,24). The molecule has 1 aromatic heterocycles. The van der Waals surface area contributed by atoms with Crippen LogP contribution in [0.15, 0.2) is 42.6 Å². The van der Waals surface area contributed by atoms with E-state index in [9.17, 15) is 9.59 Å². The van der Waals surface area contributed by atoms with Gasteiger partial charge in [-0.25, -0.2) is 0 Å². The zero-order valence-corrected chi connectivity index (χ0v) is 14.6. The van der Waals surface area contributed by atoms with E-state index in [0.717, 1.165) is 37.9 Å². The molecule has 0 atom stereocenters. The zero-order valence-electron chi connectivity index (χ0n) is 13.9. The number of nitrogens with one attached hydrogen (secondary N) is 1. The number of carbonyl (C=O) groups excluding carboxylic acids is 2. The Bertz CT molecular complexity index is 773. The largest absolute Gasteiger partial charge is 0.347 e. The van der Waals surface area contributed by atoms with E-state index in [1.165, 1.54) is 6.20 Å². The first-order chi connectivity index (χ1) is 12.1. The molecule has 0 saturated carbocycles. The number of halogens is 1. The quantitative estimate of drug-likeness (QED) is 0.913. The molecule has 0 unspecified atom stereocenters. The summed E-state index contributed by atoms with van der Waals surface area (Å²) in [6, 6.07) is 10.5. The third-order valence-corrected chi connectivity index (χ3v) is 4.65. The van der Waals surface area contributed by atoms with Crippen LogP contribution in [0.25, 0.3) is 0 Å². The van der Waals surface area contributed by atoms with Gasteiger partial charge in [0.15, 0.2) is 0 Å². The average Bonchev–Trinajstić information content (AvgIpc) is 2.67. The summed E-state index contributed by atoms with van der Waals surface area (Å²) in [5, 5.41) is 3.39. The minimum atomic E-state index is -0.326. The predicted octanol–water partition coefficient (Wildman–Crippen LogP) is 3.29. The Balaban J connectivity index is 1.67. The van der Waals surface area contributed by atoms with Gasteiger partial charge in [-0.05, 0) is 43.0 Å². The zero-order chi connectivity index (χ0) is 17.6. The van der Waals surface area contributed by atoms with Crippen molar-refractivity contribution in [2.75, 3.05) is 13.1 Å². The summed E-state index contributed by atoms with van der Waals surface area (Å²) >= 11 is 6.09. The van der Waals surface area contributed by atoms with E-state index in [1.54, 1.807) is 18.2 Å². The van der Waals surface area contributed by atoms with Gasteiger partial charge < -0.3 is 10.2 Å². The van der Waals surface area contributed by atoms with E-state index in [2.05, 4.69) is 10.3 Å². The third-order valence-electron chi connectivity index (χ3n) is 4.28. The van der Waals surface area contributed by atoms with Crippen LogP contribution in [0.4, 0.5) is 0 Å². The smallest absolute Gasteiger partial charge is 0.270 e. The van der Waals surface area contributed by atoms with Gasteiger partial charge >= 0.3 is 0 Å². The number of nitrogens with zero attached hydrogens (tertiary/aromatic N) is 2. The van der Waals surface area contributed by atoms with Crippen molar-refractivity contribution >= 4 is 23.4 Å². The fraction of sp³-hybridized carbons (Fsp3) is 0.316. The van der Waals surface area contributed by atoms with E-state index in [1.807, 2.05) is 23.1 Å². The van der Waals surface area contributed by atoms with Gasteiger partial charge in [-0.3, -0.25) is 14.6 Å². The van der Waals surface area contributed by atoms with E-state index >= 15 is 0 Å². The Morgan fingerprint density at radius 3 is 2.64 bits per heavy atom. The number of hydrogen-bond acceptors (Lipinski definition) is 3. The average molecular weight is 358 g/mol. The molecule has 5 nitrogen and oxygen atoms in total. The molecule has 0 spiro atoms. The Morgan fingerprint density at radius 2 is 1.88 bits per heavy atom. The van der Waals surface area contributed by atoms with Gasteiger partial charge in [0, 0.05) is 36.4 Å². The number of carbonyl (C=O) groups is 2. The van der Waals surface area contributed by atoms with Crippen molar-refractivity contribution in [2.45, 2.75) is 25.8 Å². The number of hydrogen-bond donors (Lipinski definition) is 1. The number of piperidine rings is 1. The fourth-order valence-electron chi connectivity index (χ4n) is 2.88. The van der Waals surface area contributed by atoms with Gasteiger partial charge in [0.25, 0.3) is 11.8 Å². The molecule has 6 heteroatoms. The molecule has 0 bridgehead atoms. The van der Waals surface area contributed by atoms with Gasteiger partial charge in [0.05, 0.1) is 0 Å². The van der Waals surface area contributed by atoms with Crippen molar-refractivity contribution in [3.05, 3.63) is 64.4 Å². The molecule has 1 fully saturated rings. The van der Waals surface area contributed by atoms with Crippen molar-refractivity contribution < 1.29 is 9.59 Å². The number of pyridine rings is 1. The predicted molar refractivity (Wildman–Crippen MR) is 96.6 cm³/mol. The van der Waals surface area contributed by atoms with Crippen LogP contribution in [-0.2, 0) is 6.54 Å². The van der Waals surface area contributed by atoms with E-state index in [4.69, 9.17) is 11.6 Å². The maximum Gasteiger partial charge on any atom is 0.270 e. The highest BCUT2D eigenvalue weighted by Crippen LogP contribution is 2.15. The normalized spacial score (nSPS) is 14.2. The molecule has 1 aliphatic rings. The van der Waals surface area contributed by atoms with Gasteiger partial charge in [-0.1, -0.05) is 29.8 Å². The van der Waals surface area contributed by atoms with Crippen LogP contribution in [0.1, 0.15) is 45.7 Å². The number of rotatable bonds is 4. The Morgan fingerprint density at radius 1 is 1.12 bits per heavy atom. The van der Waals surface area contributed by atoms with Crippen LogP contribution in [-0.4, -0.2) is 34.8 Å². The van der Waals surface area contributed by atoms with Crippen LogP contribution in [0.2, 0.25) is 5.02 Å². The first-order valence-corrected chi connectivity index (χ1v) is 8.80. The monoisotopic (exact) mass is 357 g/mol. The molecule has 2 aromatic rings. The second kappa shape index (κ2) is 8.12. The van der Waals surface area contributed by atoms with E-state index < -0.39 is 0 Å². The molecule has 0 aliphatic carbocycles. The summed E-state index contributed by atoms with van der Waals surface area (Å²) in [6.07, 6.45) is 4.72. The van der Waals surface area contributed by atoms with Gasteiger partial charge in [0.1, 0.15) is 5.69 Å². The number of benzene rings is 1. The molecule has 1 saturated heterocycles. The summed E-state index contributed by atoms with van der Waals surface area (Å²) in [4.78, 5) is 30.8. The van der Waals surface area contributed by atoms with Crippen LogP contribution in [0, 0.1) is 0 Å². The summed E-state index contributed by atoms with van der Waals surface area (Å²) in [5.41, 5.74) is 1.56. The molecule has 1 N–H and O–H groups in total. The molecule has 130 valence electrons. The molecular weight excluding hydrogens is 338 g/mol. The van der Waals surface area contributed by atoms with Gasteiger partial charge in [0.2, 0.25) is 0 Å². The minimum Gasteiger partial charge on any atom is -0.347 e. The van der Waals surface area contributed by atoms with Crippen LogP contribution < -0.4 is 5.32 Å². The second-order valence-corrected chi connectivity index (χ2v) is 6.46. The first kappa shape index (κ1) is 17.4. The lowest BCUT2D eigenvalue weighted by molar-refractivity contribution is 0.0724. The molecule has 3 rings (SSSR count). The van der Waals surface area contributed by atoms with Gasteiger partial charge in [-0.2, -0.15) is 0 Å². The topological polar surface area (TPSA) is 62.3 Å². The first-order valence-electron chi connectivity index (χ1n) is 8.42. The third kappa shape index (κ3) is 4.37. The number of amides is 2. The molecule has 25 heavy (non-hydrogen) atoms. The Kier molecular flexibility index (Phi) is 5.66. The maximum absolute atomic E-state index is 12.5. The highest BCUT2D eigenvalue weighted by molar-refractivity contribution is 6.31. The molecule has 2 heterocycles. The Labute approximate surface area is 152 Å². The highest BCUT2D eigenvalue weighted by atomic mass is 35.5. The molecular formula is C19H20ClN3O2. The molecule has 0 radical (unpaired) electrons. The van der Waals surface area contributed by atoms with E-state index in [0.29, 0.717) is 17.1 Å². The fourth-order valence-corrected chi connectivity index (χ4v) is 3.08. The molecule has 1 aromatic carbocycles. The lowest BCUT2D eigenvalue weighted by Gasteiger charge is -2.26. The van der Waals surface area contributed by atoms with Crippen molar-refractivity contribution in [1.82, 2.24) is 15.2 Å². The summed E-state index contributed by atoms with van der Waals surface area (Å²) in [6.45, 7) is 1.86. The highest BCUT2D eigenvalue weighted by Gasteiger charge is 2.19. The minimum absolute atomic E-state index is 0.0396. The lowest BCUT2D eigenvalue weighted by Crippen LogP contribution is -2.35. The van der Waals surface area contributed by atoms with Crippen molar-refractivity contribution in [3.63, 3.8) is 0 Å². The second-order valence-electron chi connectivity index (χ2n) is 6.06. The number of likely N-dealkylation sites (tertiary alicyclic amines) is 1. The molecule has 1 aliphatic heterocycles. The van der Waals surface area contributed by atoms with Crippen LogP contribution in [0.3, 0.4) is 0 Å². The summed E-state index contributed by atoms with van der Waals surface area (Å²) < 4.78 is 0. The molecule has 2 amide bonds. The number of aromatic nitrogens is 1. The summed E-state index contributed by atoms with van der Waals surface area (Å²) in [5.74, 6) is -0.365. The van der Waals surface area contributed by atoms with Crippen LogP contribution in [0.5, 0.6) is 0 Å². The van der Waals surface area contributed by atoms with Crippen LogP contribution >= 0.6 is 11.6 Å². The maximum atomic E-state index is 12.5. The van der Waals surface area contributed by atoms with E-state index in [-0.39, 0.29) is 17.5 Å². The lowest BCUT2D eigenvalue weighted by atomic mass is 10.1. The van der Waals surface area contributed by atoms with Crippen molar-refractivity contribution in [3.8, 4) is 0 Å². The van der Waals surface area contributed by atoms with Gasteiger partial charge in [-0.15, -0.1) is 0 Å². The van der Waals surface area contributed by atoms with Crippen molar-refractivity contribution in [2.24, 2.45) is 0 Å². The van der Waals surface area contributed by atoms with Crippen molar-refractivity contribution in [1.29, 1.82) is 0 Å².